The first-order valence-corrected chi connectivity index (χ1v) is 3.13. The molecule has 0 aliphatic carbocycles. The maximum Gasteiger partial charge on any atom is 0.194 e. The number of ether oxygens (including phenoxy) is 1. The van der Waals surface area contributed by atoms with Crippen LogP contribution in [0.5, 0.6) is 0 Å². The average molecular weight is 132 g/mol. The van der Waals surface area contributed by atoms with Crippen LogP contribution in [-0.2, 0) is 4.74 Å². The number of hydrogen-bond acceptors (Lipinski definition) is 3. The van der Waals surface area contributed by atoms with Crippen molar-refractivity contribution in [2.24, 2.45) is 0 Å². The first kappa shape index (κ1) is 6.99. The summed E-state index contributed by atoms with van der Waals surface area (Å²) in [4.78, 5) is 0. The monoisotopic (exact) mass is 132 g/mol. The van der Waals surface area contributed by atoms with Crippen molar-refractivity contribution >= 4 is 0 Å². The van der Waals surface area contributed by atoms with E-state index in [-0.39, 0.29) is 6.10 Å². The van der Waals surface area contributed by atoms with Crippen LogP contribution in [0.2, 0.25) is 0 Å². The molecule has 0 spiro atoms. The summed E-state index contributed by atoms with van der Waals surface area (Å²) in [5, 5.41) is 18.1. The summed E-state index contributed by atoms with van der Waals surface area (Å²) in [7, 11) is 0. The van der Waals surface area contributed by atoms with Gasteiger partial charge in [0.2, 0.25) is 0 Å². The second-order valence-corrected chi connectivity index (χ2v) is 2.65. The molecule has 1 fully saturated rings. The molecule has 1 heterocycles. The van der Waals surface area contributed by atoms with E-state index in [0.717, 1.165) is 0 Å². The second kappa shape index (κ2) is 1.94. The van der Waals surface area contributed by atoms with Gasteiger partial charge in [-0.3, -0.25) is 0 Å². The Kier molecular flexibility index (Phi) is 1.50. The molecule has 9 heavy (non-hydrogen) atoms. The van der Waals surface area contributed by atoms with Gasteiger partial charge in [0, 0.05) is 6.42 Å². The molecule has 0 aromatic rings. The van der Waals surface area contributed by atoms with E-state index in [9.17, 15) is 5.11 Å². The van der Waals surface area contributed by atoms with Gasteiger partial charge in [-0.25, -0.2) is 0 Å². The molecular formula is C6H12O3. The predicted molar refractivity (Wildman–Crippen MR) is 31.8 cm³/mol. The minimum Gasteiger partial charge on any atom is -0.388 e. The highest BCUT2D eigenvalue weighted by Gasteiger charge is 2.45. The minimum absolute atomic E-state index is 0.0876. The average Bonchev–Trinajstić information content (AvgIpc) is 1.62. The van der Waals surface area contributed by atoms with Crippen LogP contribution in [0.3, 0.4) is 0 Å². The van der Waals surface area contributed by atoms with Crippen LogP contribution in [-0.4, -0.2) is 28.2 Å². The van der Waals surface area contributed by atoms with E-state index in [1.165, 1.54) is 6.92 Å². The van der Waals surface area contributed by atoms with E-state index < -0.39 is 11.9 Å². The van der Waals surface area contributed by atoms with Gasteiger partial charge in [0.1, 0.15) is 6.10 Å². The Labute approximate surface area is 54.3 Å². The smallest absolute Gasteiger partial charge is 0.194 e. The molecular weight excluding hydrogens is 120 g/mol. The molecule has 0 bridgehead atoms. The maximum absolute atomic E-state index is 9.19. The molecule has 3 atom stereocenters. The van der Waals surface area contributed by atoms with Gasteiger partial charge < -0.3 is 14.9 Å². The summed E-state index contributed by atoms with van der Waals surface area (Å²) in [6, 6.07) is 0. The molecule has 3 heteroatoms. The summed E-state index contributed by atoms with van der Waals surface area (Å²) in [5.74, 6) is -1.25. The number of rotatable bonds is 1. The molecule has 1 saturated heterocycles. The van der Waals surface area contributed by atoms with Gasteiger partial charge in [-0.05, 0) is 13.8 Å². The van der Waals surface area contributed by atoms with E-state index in [1.807, 2.05) is 6.92 Å². The molecule has 0 saturated carbocycles. The third-order valence-electron chi connectivity index (χ3n) is 1.64. The highest BCUT2D eigenvalue weighted by atomic mass is 16.7. The molecule has 1 aliphatic rings. The zero-order valence-corrected chi connectivity index (χ0v) is 5.66. The first-order chi connectivity index (χ1) is 4.04. The van der Waals surface area contributed by atoms with Crippen molar-refractivity contribution in [2.45, 2.75) is 38.3 Å². The van der Waals surface area contributed by atoms with Gasteiger partial charge in [0.05, 0.1) is 6.10 Å². The molecule has 0 aromatic heterocycles. The lowest BCUT2D eigenvalue weighted by atomic mass is 9.98. The molecule has 3 nitrogen and oxygen atoms in total. The summed E-state index contributed by atoms with van der Waals surface area (Å²) >= 11 is 0. The van der Waals surface area contributed by atoms with E-state index in [1.54, 1.807) is 0 Å². The molecule has 3 unspecified atom stereocenters. The molecule has 1 rings (SSSR count). The van der Waals surface area contributed by atoms with Crippen molar-refractivity contribution in [1.82, 2.24) is 0 Å². The molecule has 2 N–H and O–H groups in total. The fourth-order valence-electron chi connectivity index (χ4n) is 1.02. The van der Waals surface area contributed by atoms with Crippen LogP contribution < -0.4 is 0 Å². The van der Waals surface area contributed by atoms with Gasteiger partial charge in [-0.1, -0.05) is 0 Å². The minimum atomic E-state index is -1.25. The Morgan fingerprint density at radius 2 is 2.22 bits per heavy atom. The third-order valence-corrected chi connectivity index (χ3v) is 1.64. The Hall–Kier alpha value is -0.120. The van der Waals surface area contributed by atoms with Crippen LogP contribution >= 0.6 is 0 Å². The molecule has 1 aliphatic heterocycles. The fraction of sp³-hybridized carbons (Fsp3) is 1.00. The van der Waals surface area contributed by atoms with E-state index in [0.29, 0.717) is 6.42 Å². The standard InChI is InChI=1S/C6H12O3/c1-4-3-6(8,9-4)5(2)7/h4-5,7-8H,3H2,1-2H3. The van der Waals surface area contributed by atoms with Gasteiger partial charge in [0.15, 0.2) is 5.79 Å². The Balaban J connectivity index is 2.40. The number of aliphatic hydroxyl groups excluding tert-OH is 1. The summed E-state index contributed by atoms with van der Waals surface area (Å²) in [6.45, 7) is 3.38. The lowest BCUT2D eigenvalue weighted by Crippen LogP contribution is -2.56. The number of aliphatic hydroxyl groups is 2. The molecule has 0 aromatic carbocycles. The number of hydrogen-bond donors (Lipinski definition) is 2. The quantitative estimate of drug-likeness (QED) is 0.522. The topological polar surface area (TPSA) is 49.7 Å². The van der Waals surface area contributed by atoms with Crippen molar-refractivity contribution in [1.29, 1.82) is 0 Å². The Morgan fingerprint density at radius 1 is 1.78 bits per heavy atom. The highest BCUT2D eigenvalue weighted by molar-refractivity contribution is 4.85. The largest absolute Gasteiger partial charge is 0.388 e. The maximum atomic E-state index is 9.19. The van der Waals surface area contributed by atoms with Crippen LogP contribution in [0, 0.1) is 0 Å². The highest BCUT2D eigenvalue weighted by Crippen LogP contribution is 2.32. The molecule has 0 radical (unpaired) electrons. The summed E-state index contributed by atoms with van der Waals surface area (Å²) in [5.41, 5.74) is 0. The summed E-state index contributed by atoms with van der Waals surface area (Å²) < 4.78 is 4.89. The Morgan fingerprint density at radius 3 is 2.33 bits per heavy atom. The van der Waals surface area contributed by atoms with Crippen molar-refractivity contribution < 1.29 is 14.9 Å². The molecule has 54 valence electrons. The third kappa shape index (κ3) is 1.08. The molecule has 0 amide bonds. The van der Waals surface area contributed by atoms with Crippen LogP contribution in [0.4, 0.5) is 0 Å². The fourth-order valence-corrected chi connectivity index (χ4v) is 1.02. The van der Waals surface area contributed by atoms with Gasteiger partial charge in [0.25, 0.3) is 0 Å². The predicted octanol–water partition coefficient (Wildman–Crippen LogP) is -0.135. The van der Waals surface area contributed by atoms with Crippen molar-refractivity contribution in [3.8, 4) is 0 Å². The van der Waals surface area contributed by atoms with Gasteiger partial charge in [-0.2, -0.15) is 0 Å². The van der Waals surface area contributed by atoms with Crippen molar-refractivity contribution in [3.63, 3.8) is 0 Å². The van der Waals surface area contributed by atoms with E-state index in [2.05, 4.69) is 0 Å². The van der Waals surface area contributed by atoms with Crippen molar-refractivity contribution in [2.75, 3.05) is 0 Å². The van der Waals surface area contributed by atoms with Gasteiger partial charge in [-0.15, -0.1) is 0 Å². The SMILES string of the molecule is CC1CC(O)(C(C)O)O1. The second-order valence-electron chi connectivity index (χ2n) is 2.65. The van der Waals surface area contributed by atoms with Crippen molar-refractivity contribution in [3.05, 3.63) is 0 Å². The van der Waals surface area contributed by atoms with Crippen LogP contribution in [0.1, 0.15) is 20.3 Å². The zero-order valence-electron chi connectivity index (χ0n) is 5.66. The van der Waals surface area contributed by atoms with Gasteiger partial charge >= 0.3 is 0 Å². The lowest BCUT2D eigenvalue weighted by molar-refractivity contribution is -0.349. The van der Waals surface area contributed by atoms with Crippen LogP contribution in [0.15, 0.2) is 0 Å². The zero-order chi connectivity index (χ0) is 7.07. The first-order valence-electron chi connectivity index (χ1n) is 3.13. The van der Waals surface area contributed by atoms with E-state index >= 15 is 0 Å². The van der Waals surface area contributed by atoms with E-state index in [4.69, 9.17) is 9.84 Å². The summed E-state index contributed by atoms with van der Waals surface area (Å²) in [6.07, 6.45) is -0.164. The normalized spacial score (nSPS) is 46.0. The lowest BCUT2D eigenvalue weighted by Gasteiger charge is -2.43. The van der Waals surface area contributed by atoms with Crippen LogP contribution in [0.25, 0.3) is 0 Å². The Bertz CT molecular complexity index is 105.